The molecule has 1 atom stereocenters. The van der Waals surface area contributed by atoms with Gasteiger partial charge in [0.25, 0.3) is 0 Å². The maximum atomic E-state index is 8.72. The summed E-state index contributed by atoms with van der Waals surface area (Å²) in [7, 11) is 0. The lowest BCUT2D eigenvalue weighted by atomic mass is 10.1. The Kier molecular flexibility index (Phi) is 3.72. The number of aliphatic hydroxyl groups is 1. The van der Waals surface area contributed by atoms with E-state index in [0.29, 0.717) is 6.42 Å². The number of nitrogens with two attached hydrogens (primary N) is 1. The first-order valence-electron chi connectivity index (χ1n) is 4.22. The standard InChI is InChI=1S/C9H15NOS/c1-2-7-4-6-12-9(7)8(10)3-5-11/h4,6,8,11H,2-3,5,10H2,1H3. The lowest BCUT2D eigenvalue weighted by molar-refractivity contribution is 0.277. The molecule has 12 heavy (non-hydrogen) atoms. The van der Waals surface area contributed by atoms with Crippen molar-refractivity contribution < 1.29 is 5.11 Å². The van der Waals surface area contributed by atoms with Crippen LogP contribution in [0.25, 0.3) is 0 Å². The van der Waals surface area contributed by atoms with Gasteiger partial charge in [0.1, 0.15) is 0 Å². The molecule has 0 aliphatic rings. The molecule has 0 saturated heterocycles. The molecule has 1 aromatic heterocycles. The highest BCUT2D eigenvalue weighted by atomic mass is 32.1. The van der Waals surface area contributed by atoms with Crippen LogP contribution in [0.4, 0.5) is 0 Å². The minimum absolute atomic E-state index is 0.0185. The van der Waals surface area contributed by atoms with Gasteiger partial charge in [-0.1, -0.05) is 6.92 Å². The van der Waals surface area contributed by atoms with E-state index >= 15 is 0 Å². The molecule has 0 aromatic carbocycles. The van der Waals surface area contributed by atoms with Gasteiger partial charge in [-0.3, -0.25) is 0 Å². The highest BCUT2D eigenvalue weighted by Crippen LogP contribution is 2.25. The van der Waals surface area contributed by atoms with E-state index in [1.165, 1.54) is 10.4 Å². The van der Waals surface area contributed by atoms with Crippen LogP contribution in [-0.4, -0.2) is 11.7 Å². The monoisotopic (exact) mass is 185 g/mol. The zero-order valence-corrected chi connectivity index (χ0v) is 8.10. The molecule has 0 saturated carbocycles. The quantitative estimate of drug-likeness (QED) is 0.750. The van der Waals surface area contributed by atoms with Crippen molar-refractivity contribution in [2.75, 3.05) is 6.61 Å². The molecular weight excluding hydrogens is 170 g/mol. The number of hydrogen-bond acceptors (Lipinski definition) is 3. The number of hydrogen-bond donors (Lipinski definition) is 2. The third-order valence-electron chi connectivity index (χ3n) is 1.94. The second-order valence-corrected chi connectivity index (χ2v) is 3.73. The average molecular weight is 185 g/mol. The first kappa shape index (κ1) is 9.71. The van der Waals surface area contributed by atoms with E-state index in [9.17, 15) is 0 Å². The Balaban J connectivity index is 2.71. The van der Waals surface area contributed by atoms with E-state index < -0.39 is 0 Å². The minimum Gasteiger partial charge on any atom is -0.396 e. The zero-order valence-electron chi connectivity index (χ0n) is 7.29. The average Bonchev–Trinajstić information content (AvgIpc) is 2.51. The van der Waals surface area contributed by atoms with Gasteiger partial charge < -0.3 is 10.8 Å². The molecule has 0 aliphatic heterocycles. The lowest BCUT2D eigenvalue weighted by Crippen LogP contribution is -2.11. The molecule has 0 fully saturated rings. The second kappa shape index (κ2) is 4.60. The fourth-order valence-corrected chi connectivity index (χ4v) is 2.27. The van der Waals surface area contributed by atoms with Crippen LogP contribution in [0.1, 0.15) is 29.8 Å². The van der Waals surface area contributed by atoms with Crippen molar-refractivity contribution in [1.82, 2.24) is 0 Å². The Labute approximate surface area is 77.0 Å². The summed E-state index contributed by atoms with van der Waals surface area (Å²) in [6.07, 6.45) is 1.69. The summed E-state index contributed by atoms with van der Waals surface area (Å²) in [5.74, 6) is 0. The van der Waals surface area contributed by atoms with Crippen LogP contribution in [-0.2, 0) is 6.42 Å². The lowest BCUT2D eigenvalue weighted by Gasteiger charge is -2.09. The molecule has 1 aromatic rings. The van der Waals surface area contributed by atoms with Gasteiger partial charge in [-0.2, -0.15) is 0 Å². The maximum Gasteiger partial charge on any atom is 0.0449 e. The van der Waals surface area contributed by atoms with Crippen molar-refractivity contribution in [1.29, 1.82) is 0 Å². The summed E-state index contributed by atoms with van der Waals surface area (Å²) in [6, 6.07) is 2.13. The molecule has 3 heteroatoms. The van der Waals surface area contributed by atoms with Gasteiger partial charge in [0.2, 0.25) is 0 Å². The van der Waals surface area contributed by atoms with Crippen LogP contribution >= 0.6 is 11.3 Å². The van der Waals surface area contributed by atoms with Gasteiger partial charge in [0.15, 0.2) is 0 Å². The fourth-order valence-electron chi connectivity index (χ4n) is 1.24. The molecular formula is C9H15NOS. The van der Waals surface area contributed by atoms with Gasteiger partial charge in [-0.25, -0.2) is 0 Å². The number of thiophene rings is 1. The van der Waals surface area contributed by atoms with Crippen molar-refractivity contribution in [2.45, 2.75) is 25.8 Å². The minimum atomic E-state index is 0.0185. The molecule has 1 unspecified atom stereocenters. The van der Waals surface area contributed by atoms with Crippen molar-refractivity contribution in [3.8, 4) is 0 Å². The van der Waals surface area contributed by atoms with Gasteiger partial charge in [-0.15, -0.1) is 11.3 Å². The summed E-state index contributed by atoms with van der Waals surface area (Å²) in [5.41, 5.74) is 7.20. The Morgan fingerprint density at radius 3 is 3.00 bits per heavy atom. The highest BCUT2D eigenvalue weighted by Gasteiger charge is 2.10. The topological polar surface area (TPSA) is 46.2 Å². The normalized spacial score (nSPS) is 13.2. The summed E-state index contributed by atoms with van der Waals surface area (Å²) in [5, 5.41) is 10.8. The molecule has 0 bridgehead atoms. The Bertz CT molecular complexity index is 234. The van der Waals surface area contributed by atoms with Crippen LogP contribution in [0.2, 0.25) is 0 Å². The SMILES string of the molecule is CCc1ccsc1C(N)CCO. The molecule has 0 amide bonds. The first-order chi connectivity index (χ1) is 5.79. The summed E-state index contributed by atoms with van der Waals surface area (Å²) < 4.78 is 0. The first-order valence-corrected chi connectivity index (χ1v) is 5.10. The van der Waals surface area contributed by atoms with E-state index in [-0.39, 0.29) is 12.6 Å². The molecule has 2 nitrogen and oxygen atoms in total. The van der Waals surface area contributed by atoms with E-state index in [1.807, 2.05) is 0 Å². The molecule has 1 rings (SSSR count). The number of aryl methyl sites for hydroxylation is 1. The largest absolute Gasteiger partial charge is 0.396 e. The highest BCUT2D eigenvalue weighted by molar-refractivity contribution is 7.10. The van der Waals surface area contributed by atoms with E-state index in [2.05, 4.69) is 18.4 Å². The van der Waals surface area contributed by atoms with Crippen LogP contribution in [0, 0.1) is 0 Å². The fraction of sp³-hybridized carbons (Fsp3) is 0.556. The van der Waals surface area contributed by atoms with Crippen molar-refractivity contribution in [2.24, 2.45) is 5.73 Å². The molecule has 68 valence electrons. The van der Waals surface area contributed by atoms with Gasteiger partial charge in [-0.05, 0) is 29.9 Å². The van der Waals surface area contributed by atoms with Gasteiger partial charge in [0, 0.05) is 17.5 Å². The van der Waals surface area contributed by atoms with Crippen LogP contribution in [0.15, 0.2) is 11.4 Å². The summed E-state index contributed by atoms with van der Waals surface area (Å²) in [4.78, 5) is 1.23. The number of rotatable bonds is 4. The summed E-state index contributed by atoms with van der Waals surface area (Å²) >= 11 is 1.69. The van der Waals surface area contributed by atoms with E-state index in [1.54, 1.807) is 11.3 Å². The Morgan fingerprint density at radius 2 is 2.42 bits per heavy atom. The van der Waals surface area contributed by atoms with Crippen molar-refractivity contribution in [3.63, 3.8) is 0 Å². The predicted molar refractivity (Wildman–Crippen MR) is 52.3 cm³/mol. The van der Waals surface area contributed by atoms with Crippen LogP contribution in [0.3, 0.4) is 0 Å². The molecule has 0 aliphatic carbocycles. The van der Waals surface area contributed by atoms with Crippen molar-refractivity contribution in [3.05, 3.63) is 21.9 Å². The third-order valence-corrected chi connectivity index (χ3v) is 3.03. The zero-order chi connectivity index (χ0) is 8.97. The molecule has 0 radical (unpaired) electrons. The summed E-state index contributed by atoms with van der Waals surface area (Å²) in [6.45, 7) is 2.29. The molecule has 0 spiro atoms. The van der Waals surface area contributed by atoms with E-state index in [0.717, 1.165) is 6.42 Å². The van der Waals surface area contributed by atoms with E-state index in [4.69, 9.17) is 10.8 Å². The Hall–Kier alpha value is -0.380. The predicted octanol–water partition coefficient (Wildman–Crippen LogP) is 1.69. The molecule has 1 heterocycles. The van der Waals surface area contributed by atoms with Gasteiger partial charge >= 0.3 is 0 Å². The van der Waals surface area contributed by atoms with Crippen LogP contribution < -0.4 is 5.73 Å². The third kappa shape index (κ3) is 2.06. The smallest absolute Gasteiger partial charge is 0.0449 e. The molecule has 3 N–H and O–H groups in total. The number of aliphatic hydroxyl groups excluding tert-OH is 1. The second-order valence-electron chi connectivity index (χ2n) is 2.78. The van der Waals surface area contributed by atoms with Crippen LogP contribution in [0.5, 0.6) is 0 Å². The maximum absolute atomic E-state index is 8.72. The Morgan fingerprint density at radius 1 is 1.67 bits per heavy atom. The van der Waals surface area contributed by atoms with Gasteiger partial charge in [0.05, 0.1) is 0 Å². The van der Waals surface area contributed by atoms with Crippen molar-refractivity contribution >= 4 is 11.3 Å².